The molecule has 2 aromatic rings. The number of aromatic nitrogens is 1. The lowest BCUT2D eigenvalue weighted by atomic mass is 9.69. The molecule has 0 aliphatic heterocycles. The van der Waals surface area contributed by atoms with Gasteiger partial charge >= 0.3 is 11.7 Å². The first kappa shape index (κ1) is 13.9. The molecule has 0 spiro atoms. The van der Waals surface area contributed by atoms with Crippen molar-refractivity contribution < 1.29 is 14.3 Å². The topological polar surface area (TPSA) is 72.4 Å². The van der Waals surface area contributed by atoms with Gasteiger partial charge in [0.25, 0.3) is 0 Å². The predicted molar refractivity (Wildman–Crippen MR) is 78.5 cm³/mol. The molecule has 3 rings (SSSR count). The normalized spacial score (nSPS) is 18.0. The van der Waals surface area contributed by atoms with Gasteiger partial charge in [-0.15, -0.1) is 0 Å². The van der Waals surface area contributed by atoms with E-state index in [0.29, 0.717) is 30.5 Å². The van der Waals surface area contributed by atoms with Crippen LogP contribution in [0.4, 0.5) is 0 Å². The molecule has 1 aliphatic rings. The van der Waals surface area contributed by atoms with E-state index in [1.807, 2.05) is 13.0 Å². The van der Waals surface area contributed by atoms with E-state index >= 15 is 0 Å². The Kier molecular flexibility index (Phi) is 3.35. The van der Waals surface area contributed by atoms with Crippen LogP contribution in [0.5, 0.6) is 0 Å². The van der Waals surface area contributed by atoms with Crippen LogP contribution in [-0.4, -0.2) is 15.6 Å². The highest BCUT2D eigenvalue weighted by Crippen LogP contribution is 2.40. The molecule has 1 fully saturated rings. The lowest BCUT2D eigenvalue weighted by Gasteiger charge is -2.33. The molecular weight excluding hydrogens is 270 g/mol. The first-order valence-corrected chi connectivity index (χ1v) is 7.46. The van der Waals surface area contributed by atoms with Crippen LogP contribution in [0.25, 0.3) is 11.1 Å². The Hall–Kier alpha value is -2.04. The summed E-state index contributed by atoms with van der Waals surface area (Å²) in [6, 6.07) is 5.34. The summed E-state index contributed by atoms with van der Waals surface area (Å²) in [5, 5.41) is 9.75. The Morgan fingerprint density at radius 1 is 1.33 bits per heavy atom. The predicted octanol–water partition coefficient (Wildman–Crippen LogP) is 2.90. The molecule has 0 bridgehead atoms. The van der Waals surface area contributed by atoms with Crippen molar-refractivity contribution in [2.24, 2.45) is 0 Å². The van der Waals surface area contributed by atoms with E-state index in [9.17, 15) is 14.7 Å². The number of oxazole rings is 1. The molecule has 21 heavy (non-hydrogen) atoms. The second kappa shape index (κ2) is 5.06. The second-order valence-corrected chi connectivity index (χ2v) is 5.74. The minimum absolute atomic E-state index is 0.391. The standard InChI is InChI=1S/C16H19NO4/c1-2-17-12-10-11(6-7-13(12)21-15(17)20)16(14(18)19)8-4-3-5-9-16/h6-7,10H,2-5,8-9H2,1H3,(H,18,19). The van der Waals surface area contributed by atoms with Crippen molar-refractivity contribution in [1.82, 2.24) is 4.57 Å². The van der Waals surface area contributed by atoms with Crippen LogP contribution in [0.1, 0.15) is 44.6 Å². The van der Waals surface area contributed by atoms with Gasteiger partial charge in [-0.2, -0.15) is 0 Å². The second-order valence-electron chi connectivity index (χ2n) is 5.74. The van der Waals surface area contributed by atoms with Crippen LogP contribution >= 0.6 is 0 Å². The Bertz CT molecular complexity index is 734. The van der Waals surface area contributed by atoms with Gasteiger partial charge in [0.15, 0.2) is 5.58 Å². The van der Waals surface area contributed by atoms with Gasteiger partial charge in [-0.05, 0) is 37.5 Å². The molecule has 5 nitrogen and oxygen atoms in total. The molecule has 0 amide bonds. The van der Waals surface area contributed by atoms with E-state index in [2.05, 4.69) is 0 Å². The lowest BCUT2D eigenvalue weighted by molar-refractivity contribution is -0.145. The van der Waals surface area contributed by atoms with Gasteiger partial charge in [-0.25, -0.2) is 4.79 Å². The van der Waals surface area contributed by atoms with Crippen LogP contribution < -0.4 is 5.76 Å². The Morgan fingerprint density at radius 3 is 2.67 bits per heavy atom. The number of nitrogens with zero attached hydrogens (tertiary/aromatic N) is 1. The average molecular weight is 289 g/mol. The van der Waals surface area contributed by atoms with Crippen molar-refractivity contribution in [2.75, 3.05) is 0 Å². The fraction of sp³-hybridized carbons (Fsp3) is 0.500. The zero-order chi connectivity index (χ0) is 15.0. The summed E-state index contributed by atoms with van der Waals surface area (Å²) in [7, 11) is 0. The summed E-state index contributed by atoms with van der Waals surface area (Å²) in [5.41, 5.74) is 1.16. The first-order chi connectivity index (χ1) is 10.1. The van der Waals surface area contributed by atoms with Crippen LogP contribution in [0.3, 0.4) is 0 Å². The molecule has 0 unspecified atom stereocenters. The molecule has 1 aromatic heterocycles. The Balaban J connectivity index is 2.19. The number of carboxylic acid groups (broad SMARTS) is 1. The minimum atomic E-state index is -0.821. The molecule has 5 heteroatoms. The number of hydrogen-bond donors (Lipinski definition) is 1. The van der Waals surface area contributed by atoms with Crippen molar-refractivity contribution in [3.63, 3.8) is 0 Å². The number of carbonyl (C=O) groups is 1. The Labute approximate surface area is 122 Å². The summed E-state index contributed by atoms with van der Waals surface area (Å²) in [6.07, 6.45) is 4.25. The number of aliphatic carboxylic acids is 1. The van der Waals surface area contributed by atoms with E-state index in [1.165, 1.54) is 4.57 Å². The molecule has 112 valence electrons. The zero-order valence-electron chi connectivity index (χ0n) is 12.1. The molecule has 0 saturated heterocycles. The van der Waals surface area contributed by atoms with Crippen molar-refractivity contribution in [1.29, 1.82) is 0 Å². The van der Waals surface area contributed by atoms with E-state index in [0.717, 1.165) is 24.8 Å². The van der Waals surface area contributed by atoms with Crippen LogP contribution in [0.2, 0.25) is 0 Å². The van der Waals surface area contributed by atoms with Crippen molar-refractivity contribution >= 4 is 17.1 Å². The SMILES string of the molecule is CCn1c(=O)oc2ccc(C3(C(=O)O)CCCCC3)cc21. The van der Waals surface area contributed by atoms with Gasteiger partial charge in [0.2, 0.25) is 0 Å². The van der Waals surface area contributed by atoms with E-state index < -0.39 is 17.1 Å². The van der Waals surface area contributed by atoms with E-state index in [1.54, 1.807) is 12.1 Å². The van der Waals surface area contributed by atoms with Crippen LogP contribution in [0.15, 0.2) is 27.4 Å². The highest BCUT2D eigenvalue weighted by Gasteiger charge is 2.41. The quantitative estimate of drug-likeness (QED) is 0.943. The summed E-state index contributed by atoms with van der Waals surface area (Å²) >= 11 is 0. The third-order valence-corrected chi connectivity index (χ3v) is 4.65. The molecular formula is C16H19NO4. The third-order valence-electron chi connectivity index (χ3n) is 4.65. The van der Waals surface area contributed by atoms with Crippen LogP contribution in [0, 0.1) is 0 Å². The fourth-order valence-electron chi connectivity index (χ4n) is 3.44. The first-order valence-electron chi connectivity index (χ1n) is 7.46. The number of aryl methyl sites for hydroxylation is 1. The van der Waals surface area contributed by atoms with Crippen LogP contribution in [-0.2, 0) is 16.8 Å². The summed E-state index contributed by atoms with van der Waals surface area (Å²) < 4.78 is 6.72. The van der Waals surface area contributed by atoms with Crippen molar-refractivity contribution in [2.45, 2.75) is 51.0 Å². The highest BCUT2D eigenvalue weighted by molar-refractivity contribution is 5.84. The number of benzene rings is 1. The van der Waals surface area contributed by atoms with Crippen molar-refractivity contribution in [3.8, 4) is 0 Å². The average Bonchev–Trinajstić information content (AvgIpc) is 2.81. The molecule has 0 atom stereocenters. The minimum Gasteiger partial charge on any atom is -0.481 e. The summed E-state index contributed by atoms with van der Waals surface area (Å²) in [6.45, 7) is 2.38. The molecule has 1 N–H and O–H groups in total. The zero-order valence-corrected chi connectivity index (χ0v) is 12.1. The largest absolute Gasteiger partial charge is 0.481 e. The van der Waals surface area contributed by atoms with Gasteiger partial charge in [0.05, 0.1) is 10.9 Å². The fourth-order valence-corrected chi connectivity index (χ4v) is 3.44. The smallest absolute Gasteiger partial charge is 0.419 e. The molecule has 1 aromatic carbocycles. The highest BCUT2D eigenvalue weighted by atomic mass is 16.4. The molecule has 1 aliphatic carbocycles. The van der Waals surface area contributed by atoms with Gasteiger partial charge in [0, 0.05) is 6.54 Å². The summed E-state index contributed by atoms with van der Waals surface area (Å²) in [4.78, 5) is 23.6. The monoisotopic (exact) mass is 289 g/mol. The molecule has 0 radical (unpaired) electrons. The van der Waals surface area contributed by atoms with Gasteiger partial charge < -0.3 is 9.52 Å². The third kappa shape index (κ3) is 2.07. The van der Waals surface area contributed by atoms with E-state index in [4.69, 9.17) is 4.42 Å². The summed E-state index contributed by atoms with van der Waals surface area (Å²) in [5.74, 6) is -1.16. The van der Waals surface area contributed by atoms with Crippen molar-refractivity contribution in [3.05, 3.63) is 34.3 Å². The Morgan fingerprint density at radius 2 is 2.05 bits per heavy atom. The number of carboxylic acids is 1. The number of fused-ring (bicyclic) bond motifs is 1. The van der Waals surface area contributed by atoms with Gasteiger partial charge in [-0.3, -0.25) is 9.36 Å². The molecule has 1 heterocycles. The maximum absolute atomic E-state index is 11.9. The maximum atomic E-state index is 11.9. The number of rotatable bonds is 3. The van der Waals surface area contributed by atoms with Gasteiger partial charge in [0.1, 0.15) is 0 Å². The number of hydrogen-bond acceptors (Lipinski definition) is 3. The maximum Gasteiger partial charge on any atom is 0.419 e. The van der Waals surface area contributed by atoms with E-state index in [-0.39, 0.29) is 0 Å². The lowest BCUT2D eigenvalue weighted by Crippen LogP contribution is -2.37. The molecule has 1 saturated carbocycles. The van der Waals surface area contributed by atoms with Gasteiger partial charge in [-0.1, -0.05) is 25.3 Å².